The first-order chi connectivity index (χ1) is 15.5. The number of hydrogen-bond acceptors (Lipinski definition) is 5. The van der Waals surface area contributed by atoms with Gasteiger partial charge in [0.1, 0.15) is 17.2 Å². The van der Waals surface area contributed by atoms with Crippen molar-refractivity contribution in [3.63, 3.8) is 0 Å². The average molecular weight is 439 g/mol. The average Bonchev–Trinajstić information content (AvgIpc) is 3.57. The molecule has 7 nitrogen and oxygen atoms in total. The number of benzene rings is 2. The zero-order chi connectivity index (χ0) is 22.7. The molecule has 0 aromatic heterocycles. The van der Waals surface area contributed by atoms with Crippen LogP contribution < -0.4 is 19.5 Å². The van der Waals surface area contributed by atoms with Crippen molar-refractivity contribution in [3.05, 3.63) is 53.6 Å². The predicted octanol–water partition coefficient (Wildman–Crippen LogP) is 3.09. The van der Waals surface area contributed by atoms with Crippen molar-refractivity contribution in [2.75, 3.05) is 41.0 Å². The summed E-state index contributed by atoms with van der Waals surface area (Å²) in [7, 11) is 4.78. The van der Waals surface area contributed by atoms with Crippen LogP contribution in [-0.2, 0) is 4.79 Å². The molecule has 2 fully saturated rings. The molecule has 1 aliphatic heterocycles. The van der Waals surface area contributed by atoms with E-state index < -0.39 is 0 Å². The molecule has 32 heavy (non-hydrogen) atoms. The number of ether oxygens (including phenoxy) is 3. The predicted molar refractivity (Wildman–Crippen MR) is 120 cm³/mol. The van der Waals surface area contributed by atoms with Crippen LogP contribution in [0, 0.1) is 11.8 Å². The molecule has 2 aromatic rings. The molecule has 2 aliphatic rings. The van der Waals surface area contributed by atoms with Crippen molar-refractivity contribution in [2.24, 2.45) is 11.8 Å². The zero-order valence-corrected chi connectivity index (χ0v) is 18.8. The molecule has 1 heterocycles. The lowest BCUT2D eigenvalue weighted by Crippen LogP contribution is -2.36. The quantitative estimate of drug-likeness (QED) is 0.685. The third-order valence-corrected chi connectivity index (χ3v) is 6.36. The number of nitrogens with one attached hydrogen (secondary N) is 1. The van der Waals surface area contributed by atoms with Gasteiger partial charge in [0.15, 0.2) is 0 Å². The fourth-order valence-corrected chi connectivity index (χ4v) is 4.31. The molecule has 1 saturated heterocycles. The SMILES string of the molecule is COc1cccc(C(=O)N2C[C@H](C(=O)NCC3CC3)[C@@H](c3ccc(OC)cc3OC)C2)c1. The van der Waals surface area contributed by atoms with Gasteiger partial charge < -0.3 is 24.4 Å². The first-order valence-electron chi connectivity index (χ1n) is 11.0. The molecule has 0 unspecified atom stereocenters. The van der Waals surface area contributed by atoms with Crippen LogP contribution in [0.1, 0.15) is 34.7 Å². The second kappa shape index (κ2) is 9.51. The lowest BCUT2D eigenvalue weighted by molar-refractivity contribution is -0.125. The monoisotopic (exact) mass is 438 g/mol. The van der Waals surface area contributed by atoms with Gasteiger partial charge in [0.05, 0.1) is 27.2 Å². The van der Waals surface area contributed by atoms with Gasteiger partial charge in [-0.1, -0.05) is 12.1 Å². The third kappa shape index (κ3) is 4.66. The highest BCUT2D eigenvalue weighted by Gasteiger charge is 2.42. The second-order valence-electron chi connectivity index (χ2n) is 8.45. The number of amides is 2. The van der Waals surface area contributed by atoms with E-state index in [2.05, 4.69) is 5.32 Å². The Hall–Kier alpha value is -3.22. The Morgan fingerprint density at radius 1 is 0.969 bits per heavy atom. The third-order valence-electron chi connectivity index (χ3n) is 6.36. The minimum Gasteiger partial charge on any atom is -0.497 e. The van der Waals surface area contributed by atoms with Gasteiger partial charge >= 0.3 is 0 Å². The van der Waals surface area contributed by atoms with E-state index in [0.29, 0.717) is 48.4 Å². The van der Waals surface area contributed by atoms with Crippen LogP contribution in [0.4, 0.5) is 0 Å². The fraction of sp³-hybridized carbons (Fsp3) is 0.440. The Bertz CT molecular complexity index is 988. The van der Waals surface area contributed by atoms with Crippen LogP contribution in [0.25, 0.3) is 0 Å². The van der Waals surface area contributed by atoms with Gasteiger partial charge in [-0.15, -0.1) is 0 Å². The summed E-state index contributed by atoms with van der Waals surface area (Å²) in [6.45, 7) is 1.48. The lowest BCUT2D eigenvalue weighted by Gasteiger charge is -2.21. The Morgan fingerprint density at radius 3 is 2.41 bits per heavy atom. The highest BCUT2D eigenvalue weighted by Crippen LogP contribution is 2.40. The minimum atomic E-state index is -0.356. The van der Waals surface area contributed by atoms with Crippen LogP contribution in [0.5, 0.6) is 17.2 Å². The number of likely N-dealkylation sites (tertiary alicyclic amines) is 1. The molecular formula is C25H30N2O5. The number of methoxy groups -OCH3 is 3. The van der Waals surface area contributed by atoms with E-state index in [0.717, 1.165) is 5.56 Å². The van der Waals surface area contributed by atoms with E-state index in [1.165, 1.54) is 12.8 Å². The maximum Gasteiger partial charge on any atom is 0.254 e. The van der Waals surface area contributed by atoms with Crippen molar-refractivity contribution in [1.29, 1.82) is 0 Å². The molecular weight excluding hydrogens is 408 g/mol. The molecule has 4 rings (SSSR count). The zero-order valence-electron chi connectivity index (χ0n) is 18.8. The van der Waals surface area contributed by atoms with E-state index >= 15 is 0 Å². The van der Waals surface area contributed by atoms with Gasteiger partial charge in [0.2, 0.25) is 5.91 Å². The number of rotatable bonds is 8. The number of nitrogens with zero attached hydrogens (tertiary/aromatic N) is 1. The molecule has 1 aliphatic carbocycles. The van der Waals surface area contributed by atoms with Crippen molar-refractivity contribution in [2.45, 2.75) is 18.8 Å². The minimum absolute atomic E-state index is 0.0132. The van der Waals surface area contributed by atoms with Crippen LogP contribution in [0.3, 0.4) is 0 Å². The van der Waals surface area contributed by atoms with E-state index in [-0.39, 0.29) is 23.7 Å². The summed E-state index contributed by atoms with van der Waals surface area (Å²) in [5.74, 6) is 1.90. The molecule has 0 radical (unpaired) electrons. The van der Waals surface area contributed by atoms with Gasteiger partial charge in [-0.25, -0.2) is 0 Å². The Morgan fingerprint density at radius 2 is 1.72 bits per heavy atom. The topological polar surface area (TPSA) is 77.1 Å². The molecule has 0 bridgehead atoms. The highest BCUT2D eigenvalue weighted by molar-refractivity contribution is 5.95. The number of hydrogen-bond donors (Lipinski definition) is 1. The Balaban J connectivity index is 1.61. The summed E-state index contributed by atoms with van der Waals surface area (Å²) in [5.41, 5.74) is 1.45. The van der Waals surface area contributed by atoms with Crippen molar-refractivity contribution < 1.29 is 23.8 Å². The molecule has 1 saturated carbocycles. The normalized spacial score (nSPS) is 20.0. The van der Waals surface area contributed by atoms with Crippen LogP contribution in [0.15, 0.2) is 42.5 Å². The number of carbonyl (C=O) groups is 2. The second-order valence-corrected chi connectivity index (χ2v) is 8.45. The van der Waals surface area contributed by atoms with Gasteiger partial charge in [-0.2, -0.15) is 0 Å². The molecule has 1 N–H and O–H groups in total. The van der Waals surface area contributed by atoms with Crippen molar-refractivity contribution in [1.82, 2.24) is 10.2 Å². The molecule has 2 aromatic carbocycles. The summed E-state index contributed by atoms with van der Waals surface area (Å²) in [6.07, 6.45) is 2.34. The van der Waals surface area contributed by atoms with E-state index in [4.69, 9.17) is 14.2 Å². The Labute approximate surface area is 188 Å². The van der Waals surface area contributed by atoms with Crippen LogP contribution in [0.2, 0.25) is 0 Å². The molecule has 7 heteroatoms. The maximum atomic E-state index is 13.3. The van der Waals surface area contributed by atoms with Crippen LogP contribution in [-0.4, -0.2) is 57.7 Å². The molecule has 170 valence electrons. The molecule has 2 atom stereocenters. The largest absolute Gasteiger partial charge is 0.497 e. The Kier molecular flexibility index (Phi) is 6.53. The van der Waals surface area contributed by atoms with Crippen LogP contribution >= 0.6 is 0 Å². The van der Waals surface area contributed by atoms with Gasteiger partial charge in [-0.3, -0.25) is 9.59 Å². The van der Waals surface area contributed by atoms with Crippen molar-refractivity contribution >= 4 is 11.8 Å². The first-order valence-corrected chi connectivity index (χ1v) is 11.0. The lowest BCUT2D eigenvalue weighted by atomic mass is 9.87. The molecule has 0 spiro atoms. The molecule has 2 amide bonds. The fourth-order valence-electron chi connectivity index (χ4n) is 4.31. The van der Waals surface area contributed by atoms with Gasteiger partial charge in [-0.05, 0) is 43.0 Å². The highest BCUT2D eigenvalue weighted by atomic mass is 16.5. The smallest absolute Gasteiger partial charge is 0.254 e. The van der Waals surface area contributed by atoms with E-state index in [9.17, 15) is 9.59 Å². The summed E-state index contributed by atoms with van der Waals surface area (Å²) in [5, 5.41) is 3.10. The maximum absolute atomic E-state index is 13.3. The summed E-state index contributed by atoms with van der Waals surface area (Å²) in [4.78, 5) is 28.2. The van der Waals surface area contributed by atoms with E-state index in [1.54, 1.807) is 50.5 Å². The summed E-state index contributed by atoms with van der Waals surface area (Å²) in [6, 6.07) is 12.7. The first kappa shape index (κ1) is 22.0. The van der Waals surface area contributed by atoms with E-state index in [1.807, 2.05) is 18.2 Å². The van der Waals surface area contributed by atoms with Crippen molar-refractivity contribution in [3.8, 4) is 17.2 Å². The summed E-state index contributed by atoms with van der Waals surface area (Å²) < 4.78 is 16.2. The number of carbonyl (C=O) groups excluding carboxylic acids is 2. The summed E-state index contributed by atoms with van der Waals surface area (Å²) >= 11 is 0. The van der Waals surface area contributed by atoms with Gasteiger partial charge in [0.25, 0.3) is 5.91 Å². The van der Waals surface area contributed by atoms with Gasteiger partial charge in [0, 0.05) is 42.7 Å². The standard InChI is InChI=1S/C25H30N2O5/c1-30-18-6-4-5-17(11-18)25(29)27-14-21(20-10-9-19(31-2)12-23(20)32-3)22(15-27)24(28)26-13-16-7-8-16/h4-6,9-12,16,21-22H,7-8,13-15H2,1-3H3,(H,26,28)/t21-,22+/m1/s1.